The van der Waals surface area contributed by atoms with Gasteiger partial charge in [0.2, 0.25) is 0 Å². The van der Waals surface area contributed by atoms with Gasteiger partial charge in [-0.15, -0.1) is 0 Å². The summed E-state index contributed by atoms with van der Waals surface area (Å²) in [6.45, 7) is 2.74. The van der Waals surface area contributed by atoms with Crippen LogP contribution in [0.15, 0.2) is 36.9 Å². The van der Waals surface area contributed by atoms with Crippen LogP contribution in [0.25, 0.3) is 0 Å². The zero-order chi connectivity index (χ0) is 32.5. The third kappa shape index (κ3) is 6.00. The molecule has 0 aromatic heterocycles. The molecule has 0 unspecified atom stereocenters. The maximum absolute atomic E-state index is 14.3. The smallest absolute Gasteiger partial charge is 0.460 e. The van der Waals surface area contributed by atoms with Crippen LogP contribution in [0.2, 0.25) is 0 Å². The molecular formula is C21H15F17O3. The number of alkyl halides is 17. The van der Waals surface area contributed by atoms with E-state index in [2.05, 4.69) is 11.3 Å². The van der Waals surface area contributed by atoms with Gasteiger partial charge in [0.15, 0.2) is 0 Å². The average Bonchev–Trinajstić information content (AvgIpc) is 2.84. The first-order chi connectivity index (χ1) is 18.2. The van der Waals surface area contributed by atoms with Crippen molar-refractivity contribution in [3.63, 3.8) is 0 Å². The molecule has 0 atom stereocenters. The van der Waals surface area contributed by atoms with Crippen LogP contribution < -0.4 is 4.74 Å². The predicted molar refractivity (Wildman–Crippen MR) is 102 cm³/mol. The van der Waals surface area contributed by atoms with Gasteiger partial charge in [0.1, 0.15) is 5.75 Å². The molecule has 0 fully saturated rings. The number of ether oxygens (including phenoxy) is 2. The molecule has 0 N–H and O–H groups in total. The van der Waals surface area contributed by atoms with Crippen LogP contribution in [-0.2, 0) is 15.5 Å². The third-order valence-corrected chi connectivity index (χ3v) is 5.16. The Morgan fingerprint density at radius 3 is 1.41 bits per heavy atom. The van der Waals surface area contributed by atoms with Crippen LogP contribution in [0.4, 0.5) is 74.6 Å². The van der Waals surface area contributed by atoms with Gasteiger partial charge in [0.25, 0.3) is 0 Å². The molecule has 0 bridgehead atoms. The van der Waals surface area contributed by atoms with E-state index >= 15 is 0 Å². The van der Waals surface area contributed by atoms with Gasteiger partial charge in [-0.3, -0.25) is 0 Å². The Hall–Kier alpha value is -2.96. The van der Waals surface area contributed by atoms with Crippen LogP contribution >= 0.6 is 0 Å². The molecule has 0 amide bonds. The predicted octanol–water partition coefficient (Wildman–Crippen LogP) is 8.04. The normalized spacial score (nSPS) is 14.6. The van der Waals surface area contributed by atoms with Crippen molar-refractivity contribution < 1.29 is 88.9 Å². The van der Waals surface area contributed by atoms with Crippen molar-refractivity contribution >= 4 is 5.97 Å². The lowest BCUT2D eigenvalue weighted by molar-refractivity contribution is -0.462. The highest BCUT2D eigenvalue weighted by Gasteiger charge is 2.95. The molecule has 41 heavy (non-hydrogen) atoms. The molecule has 0 radical (unpaired) electrons. The molecular weight excluding hydrogens is 623 g/mol. The molecule has 0 aliphatic rings. The largest absolute Gasteiger partial charge is 0.494 e. The minimum absolute atomic E-state index is 0.119. The number of hydrogen-bond acceptors (Lipinski definition) is 3. The van der Waals surface area contributed by atoms with Crippen molar-refractivity contribution in [1.82, 2.24) is 0 Å². The Bertz CT molecular complexity index is 1060. The summed E-state index contributed by atoms with van der Waals surface area (Å²) in [5, 5.41) is 0. The van der Waals surface area contributed by atoms with Crippen molar-refractivity contribution in [2.45, 2.75) is 60.5 Å². The molecule has 0 aliphatic heterocycles. The summed E-state index contributed by atoms with van der Waals surface area (Å²) < 4.78 is 237. The molecule has 0 saturated heterocycles. The first-order valence-electron chi connectivity index (χ1n) is 10.4. The Morgan fingerprint density at radius 2 is 1.00 bits per heavy atom. The maximum atomic E-state index is 14.3. The van der Waals surface area contributed by atoms with Gasteiger partial charge in [-0.05, 0) is 37.1 Å². The molecule has 20 heteroatoms. The van der Waals surface area contributed by atoms with Gasteiger partial charge in [-0.2, -0.15) is 74.6 Å². The first-order valence-corrected chi connectivity index (χ1v) is 10.4. The first kappa shape index (κ1) is 36.1. The number of unbranched alkanes of at least 4 members (excludes halogenated alkanes) is 1. The molecule has 0 aliphatic carbocycles. The van der Waals surface area contributed by atoms with E-state index in [0.29, 0.717) is 12.1 Å². The molecule has 0 saturated carbocycles. The molecule has 1 aromatic rings. The fourth-order valence-electron chi connectivity index (χ4n) is 2.73. The zero-order valence-corrected chi connectivity index (χ0v) is 19.6. The van der Waals surface area contributed by atoms with Crippen LogP contribution in [0.5, 0.6) is 5.75 Å². The lowest BCUT2D eigenvalue weighted by atomic mass is 9.87. The average molecular weight is 638 g/mol. The Morgan fingerprint density at radius 1 is 0.610 bits per heavy atom. The second-order valence-corrected chi connectivity index (χ2v) is 7.97. The van der Waals surface area contributed by atoms with Crippen molar-refractivity contribution in [2.24, 2.45) is 0 Å². The van der Waals surface area contributed by atoms with Crippen molar-refractivity contribution in [3.8, 4) is 5.75 Å². The Balaban J connectivity index is 3.25. The fourth-order valence-corrected chi connectivity index (χ4v) is 2.73. The van der Waals surface area contributed by atoms with Crippen LogP contribution in [0.3, 0.4) is 0 Å². The van der Waals surface area contributed by atoms with Gasteiger partial charge >= 0.3 is 53.6 Å². The van der Waals surface area contributed by atoms with Gasteiger partial charge < -0.3 is 9.47 Å². The zero-order valence-electron chi connectivity index (χ0n) is 19.6. The monoisotopic (exact) mass is 638 g/mol. The number of esters is 1. The van der Waals surface area contributed by atoms with E-state index in [-0.39, 0.29) is 38.2 Å². The number of rotatable bonds is 14. The van der Waals surface area contributed by atoms with Gasteiger partial charge in [0, 0.05) is 11.6 Å². The van der Waals surface area contributed by atoms with Gasteiger partial charge in [-0.25, -0.2) is 4.79 Å². The highest BCUT2D eigenvalue weighted by Crippen LogP contribution is 2.65. The quantitative estimate of drug-likeness (QED) is 0.0896. The number of benzene rings is 1. The standard InChI is InChI=1S/C21H15F17O3/c1-2-13(39)41-10-4-3-9-40-12-7-5-11(6-8-12)14(22,23)15(24,25)16(26,27)17(28,29)18(30,31)19(32,33)20(34,35)21(36,37)38/h2,5-8H,1,3-4,9-10H2. The van der Waals surface area contributed by atoms with Gasteiger partial charge in [-0.1, -0.05) is 6.58 Å². The van der Waals surface area contributed by atoms with E-state index in [1.165, 1.54) is 0 Å². The highest BCUT2D eigenvalue weighted by molar-refractivity contribution is 5.81. The summed E-state index contributed by atoms with van der Waals surface area (Å²) in [5.74, 6) is -58.1. The number of carbonyl (C=O) groups excluding carboxylic acids is 1. The summed E-state index contributed by atoms with van der Waals surface area (Å²) >= 11 is 0. The summed E-state index contributed by atoms with van der Waals surface area (Å²) in [6.07, 6.45) is -6.67. The SMILES string of the molecule is C=CC(=O)OCCCCOc1ccc(C(F)(F)C(F)(F)C(F)(F)C(F)(F)C(F)(F)C(F)(F)C(F)(F)C(F)(F)F)cc1. The molecule has 1 aromatic carbocycles. The molecule has 0 heterocycles. The number of halogens is 17. The summed E-state index contributed by atoms with van der Waals surface area (Å²) in [6, 6.07) is 0.377. The second-order valence-electron chi connectivity index (χ2n) is 7.97. The van der Waals surface area contributed by atoms with Gasteiger partial charge in [0.05, 0.1) is 13.2 Å². The van der Waals surface area contributed by atoms with Crippen LogP contribution in [-0.4, -0.2) is 60.9 Å². The Labute approximate surface area is 217 Å². The highest BCUT2D eigenvalue weighted by atomic mass is 19.4. The maximum Gasteiger partial charge on any atom is 0.460 e. The molecule has 0 spiro atoms. The molecule has 3 nitrogen and oxygen atoms in total. The number of hydrogen-bond donors (Lipinski definition) is 0. The third-order valence-electron chi connectivity index (χ3n) is 5.16. The lowest BCUT2D eigenvalue weighted by Crippen LogP contribution is -2.74. The van der Waals surface area contributed by atoms with Crippen molar-refractivity contribution in [3.05, 3.63) is 42.5 Å². The van der Waals surface area contributed by atoms with Crippen LogP contribution in [0.1, 0.15) is 18.4 Å². The molecule has 236 valence electrons. The van der Waals surface area contributed by atoms with E-state index in [1.807, 2.05) is 0 Å². The molecule has 1 rings (SSSR count). The van der Waals surface area contributed by atoms with Crippen LogP contribution in [0, 0.1) is 0 Å². The van der Waals surface area contributed by atoms with E-state index in [4.69, 9.17) is 4.74 Å². The minimum Gasteiger partial charge on any atom is -0.494 e. The van der Waals surface area contributed by atoms with E-state index < -0.39 is 64.9 Å². The van der Waals surface area contributed by atoms with E-state index in [0.717, 1.165) is 6.08 Å². The Kier molecular flexibility index (Phi) is 10.0. The second kappa shape index (κ2) is 11.4. The summed E-state index contributed by atoms with van der Waals surface area (Å²) in [4.78, 5) is 10.8. The number of carbonyl (C=O) groups is 1. The summed E-state index contributed by atoms with van der Waals surface area (Å²) in [5.41, 5.74) is -2.34. The van der Waals surface area contributed by atoms with E-state index in [1.54, 1.807) is 0 Å². The van der Waals surface area contributed by atoms with E-state index in [9.17, 15) is 79.4 Å². The van der Waals surface area contributed by atoms with Crippen molar-refractivity contribution in [2.75, 3.05) is 13.2 Å². The summed E-state index contributed by atoms with van der Waals surface area (Å²) in [7, 11) is 0. The minimum atomic E-state index is -8.68. The lowest BCUT2D eigenvalue weighted by Gasteiger charge is -2.42. The topological polar surface area (TPSA) is 35.5 Å². The fraction of sp³-hybridized carbons (Fsp3) is 0.571. The van der Waals surface area contributed by atoms with Crippen molar-refractivity contribution in [1.29, 1.82) is 0 Å².